The van der Waals surface area contributed by atoms with E-state index in [1.165, 1.54) is 22.4 Å². The van der Waals surface area contributed by atoms with Gasteiger partial charge in [-0.15, -0.1) is 0 Å². The van der Waals surface area contributed by atoms with Crippen LogP contribution in [0.4, 0.5) is 5.69 Å². The van der Waals surface area contributed by atoms with Crippen molar-refractivity contribution in [3.8, 4) is 0 Å². The Hall–Kier alpha value is -3.05. The van der Waals surface area contributed by atoms with Crippen molar-refractivity contribution in [2.24, 2.45) is 5.18 Å². The number of nitroso groups, excluding NO2 is 1. The lowest BCUT2D eigenvalue weighted by molar-refractivity contribution is 0.0788. The quantitative estimate of drug-likeness (QED) is 0.452. The smallest absolute Gasteiger partial charge is 0.118 e. The summed E-state index contributed by atoms with van der Waals surface area (Å²) in [5.74, 6) is 0.0783. The van der Waals surface area contributed by atoms with Crippen LogP contribution in [-0.2, 0) is 4.74 Å². The van der Waals surface area contributed by atoms with Crippen LogP contribution >= 0.6 is 0 Å². The molecule has 1 aromatic heterocycles. The van der Waals surface area contributed by atoms with Gasteiger partial charge in [-0.3, -0.25) is 4.98 Å². The molecule has 5 heteroatoms. The lowest BCUT2D eigenvalue weighted by Gasteiger charge is -2.40. The zero-order chi connectivity index (χ0) is 21.8. The number of aryl methyl sites for hydroxylation is 2. The molecule has 1 aliphatic rings. The van der Waals surface area contributed by atoms with Gasteiger partial charge in [0.1, 0.15) is 6.04 Å². The normalized spacial score (nSPS) is 15.9. The van der Waals surface area contributed by atoms with E-state index in [9.17, 15) is 4.91 Å². The maximum absolute atomic E-state index is 11.9. The molecule has 0 saturated carbocycles. The van der Waals surface area contributed by atoms with Gasteiger partial charge in [0, 0.05) is 43.7 Å². The Morgan fingerprint density at radius 3 is 2.45 bits per heavy atom. The Morgan fingerprint density at radius 1 is 1.06 bits per heavy atom. The van der Waals surface area contributed by atoms with Crippen LogP contribution in [0, 0.1) is 18.8 Å². The van der Waals surface area contributed by atoms with Gasteiger partial charge in [-0.1, -0.05) is 41.6 Å². The van der Waals surface area contributed by atoms with Gasteiger partial charge in [0.25, 0.3) is 0 Å². The number of pyridine rings is 1. The molecule has 4 rings (SSSR count). The summed E-state index contributed by atoms with van der Waals surface area (Å²) in [5, 5.41) is 3.51. The average Bonchev–Trinajstić information content (AvgIpc) is 2.75. The molecular formula is C26H29N3O2. The van der Waals surface area contributed by atoms with Crippen molar-refractivity contribution in [2.75, 3.05) is 25.1 Å². The van der Waals surface area contributed by atoms with Gasteiger partial charge in [-0.05, 0) is 66.8 Å². The number of anilines is 1. The van der Waals surface area contributed by atoms with Crippen LogP contribution in [0.25, 0.3) is 0 Å². The largest absolute Gasteiger partial charge is 0.378 e. The van der Waals surface area contributed by atoms with Crippen molar-refractivity contribution in [2.45, 2.75) is 38.3 Å². The number of benzene rings is 2. The van der Waals surface area contributed by atoms with E-state index in [1.807, 2.05) is 19.1 Å². The Labute approximate surface area is 184 Å². The first-order valence-corrected chi connectivity index (χ1v) is 10.8. The number of methoxy groups -OCH3 is 1. The number of nitrogens with zero attached hydrogens (tertiary/aromatic N) is 3. The van der Waals surface area contributed by atoms with Gasteiger partial charge in [0.05, 0.1) is 6.10 Å². The van der Waals surface area contributed by atoms with Gasteiger partial charge >= 0.3 is 0 Å². The summed E-state index contributed by atoms with van der Waals surface area (Å²) in [5.41, 5.74) is 6.67. The Balaban J connectivity index is 1.63. The fraction of sp³-hybridized carbons (Fsp3) is 0.346. The highest BCUT2D eigenvalue weighted by Crippen LogP contribution is 2.38. The fourth-order valence-corrected chi connectivity index (χ4v) is 4.37. The van der Waals surface area contributed by atoms with E-state index in [-0.39, 0.29) is 5.92 Å². The summed E-state index contributed by atoms with van der Waals surface area (Å²) >= 11 is 0. The van der Waals surface area contributed by atoms with E-state index in [0.717, 1.165) is 24.3 Å². The Bertz CT molecular complexity index is 1030. The second kappa shape index (κ2) is 9.40. The van der Waals surface area contributed by atoms with Gasteiger partial charge < -0.3 is 9.64 Å². The second-order valence-electron chi connectivity index (χ2n) is 8.35. The van der Waals surface area contributed by atoms with Crippen molar-refractivity contribution < 1.29 is 4.74 Å². The van der Waals surface area contributed by atoms with Crippen LogP contribution in [0.5, 0.6) is 0 Å². The van der Waals surface area contributed by atoms with Crippen LogP contribution in [0.2, 0.25) is 0 Å². The summed E-state index contributed by atoms with van der Waals surface area (Å²) < 4.78 is 5.39. The first-order chi connectivity index (χ1) is 15.1. The van der Waals surface area contributed by atoms with Crippen LogP contribution < -0.4 is 4.90 Å². The fourth-order valence-electron chi connectivity index (χ4n) is 4.37. The first kappa shape index (κ1) is 21.2. The Morgan fingerprint density at radius 2 is 1.81 bits per heavy atom. The van der Waals surface area contributed by atoms with E-state index < -0.39 is 6.04 Å². The predicted octanol–water partition coefficient (Wildman–Crippen LogP) is 5.56. The molecule has 3 aromatic rings. The predicted molar refractivity (Wildman–Crippen MR) is 125 cm³/mol. The van der Waals surface area contributed by atoms with E-state index in [4.69, 9.17) is 4.74 Å². The summed E-state index contributed by atoms with van der Waals surface area (Å²) in [4.78, 5) is 18.4. The third-order valence-electron chi connectivity index (χ3n) is 6.30. The molecule has 2 atom stereocenters. The molecule has 1 aliphatic heterocycles. The molecule has 5 nitrogen and oxygen atoms in total. The maximum atomic E-state index is 11.9. The summed E-state index contributed by atoms with van der Waals surface area (Å²) in [6.07, 6.45) is 2.69. The van der Waals surface area contributed by atoms with E-state index in [2.05, 4.69) is 70.5 Å². The van der Waals surface area contributed by atoms with Gasteiger partial charge in [0.15, 0.2) is 0 Å². The minimum absolute atomic E-state index is 0.0783. The number of hydrogen-bond donors (Lipinski definition) is 0. The molecule has 1 saturated heterocycles. The SMILES string of the molecule is COC1CN(c2ccc(C(CC(N=O)c3ccnc(C)c3)c3ccccc3C)cc2)C1. The molecule has 0 aliphatic carbocycles. The number of rotatable bonds is 8. The molecule has 0 N–H and O–H groups in total. The summed E-state index contributed by atoms with van der Waals surface area (Å²) in [7, 11) is 1.76. The average molecular weight is 416 g/mol. The topological polar surface area (TPSA) is 54.8 Å². The Kier molecular flexibility index (Phi) is 6.42. The molecule has 0 radical (unpaired) electrons. The highest BCUT2D eigenvalue weighted by Gasteiger charge is 2.27. The standard InChI is InChI=1S/C26H29N3O2/c1-18-6-4-5-7-24(18)25(15-26(28-30)21-12-13-27-19(2)14-21)20-8-10-22(11-9-20)29-16-23(17-29)31-3/h4-14,23,25-26H,15-17H2,1-3H3. The van der Waals surface area contributed by atoms with Crippen molar-refractivity contribution in [1.29, 1.82) is 0 Å². The van der Waals surface area contributed by atoms with Crippen LogP contribution in [0.1, 0.15) is 46.3 Å². The van der Waals surface area contributed by atoms with Gasteiger partial charge in [-0.2, -0.15) is 4.91 Å². The molecule has 0 amide bonds. The molecule has 1 fully saturated rings. The molecule has 2 unspecified atom stereocenters. The molecule has 160 valence electrons. The highest BCUT2D eigenvalue weighted by atomic mass is 16.5. The highest BCUT2D eigenvalue weighted by molar-refractivity contribution is 5.52. The van der Waals surface area contributed by atoms with E-state index >= 15 is 0 Å². The van der Waals surface area contributed by atoms with Crippen LogP contribution in [0.3, 0.4) is 0 Å². The van der Waals surface area contributed by atoms with Crippen molar-refractivity contribution >= 4 is 5.69 Å². The van der Waals surface area contributed by atoms with Crippen molar-refractivity contribution in [3.05, 3.63) is 99.7 Å². The van der Waals surface area contributed by atoms with E-state index in [1.54, 1.807) is 13.3 Å². The first-order valence-electron chi connectivity index (χ1n) is 10.8. The zero-order valence-corrected chi connectivity index (χ0v) is 18.4. The lowest BCUT2D eigenvalue weighted by Crippen LogP contribution is -2.51. The second-order valence-corrected chi connectivity index (χ2v) is 8.35. The molecule has 2 aromatic carbocycles. The van der Waals surface area contributed by atoms with Gasteiger partial charge in [-0.25, -0.2) is 0 Å². The van der Waals surface area contributed by atoms with Gasteiger partial charge in [0.2, 0.25) is 0 Å². The molecule has 0 spiro atoms. The molecule has 2 heterocycles. The number of hydrogen-bond acceptors (Lipinski definition) is 5. The molecule has 0 bridgehead atoms. The molecule has 31 heavy (non-hydrogen) atoms. The monoisotopic (exact) mass is 415 g/mol. The lowest BCUT2D eigenvalue weighted by atomic mass is 9.82. The van der Waals surface area contributed by atoms with Crippen molar-refractivity contribution in [3.63, 3.8) is 0 Å². The zero-order valence-electron chi connectivity index (χ0n) is 18.4. The van der Waals surface area contributed by atoms with E-state index in [0.29, 0.717) is 12.5 Å². The third-order valence-corrected chi connectivity index (χ3v) is 6.30. The minimum Gasteiger partial charge on any atom is -0.378 e. The number of ether oxygens (including phenoxy) is 1. The maximum Gasteiger partial charge on any atom is 0.118 e. The number of aromatic nitrogens is 1. The summed E-state index contributed by atoms with van der Waals surface area (Å²) in [6, 6.07) is 20.5. The summed E-state index contributed by atoms with van der Waals surface area (Å²) in [6.45, 7) is 5.92. The van der Waals surface area contributed by atoms with Crippen LogP contribution in [-0.4, -0.2) is 31.3 Å². The van der Waals surface area contributed by atoms with Crippen molar-refractivity contribution in [1.82, 2.24) is 4.98 Å². The molecular weight excluding hydrogens is 386 g/mol. The third kappa shape index (κ3) is 4.67. The van der Waals surface area contributed by atoms with Crippen LogP contribution in [0.15, 0.2) is 72.0 Å². The minimum atomic E-state index is -0.427.